The Morgan fingerprint density at radius 2 is 1.58 bits per heavy atom. The van der Waals surface area contributed by atoms with Crippen molar-refractivity contribution in [2.24, 2.45) is 11.1 Å². The quantitative estimate of drug-likeness (QED) is 0.460. The number of benzene rings is 1. The fourth-order valence-corrected chi connectivity index (χ4v) is 8.27. The number of primary sulfonamides is 1. The second-order valence-corrected chi connectivity index (χ2v) is 13.6. The standard InChI is InChI=1S/C26H36N4O4S2/c1-19-26(35(27,31)32)16-25(29(19)17-20-10-4-2-5-11-20)23-18-30(24-15-9-8-14-22(23)24)36(33,34)28-21-12-6-3-7-13-21/h8-9,14-16,18,20-21,28H,2-7,10-13,17H2,1H3,(H2,27,31,32). The van der Waals surface area contributed by atoms with Crippen molar-refractivity contribution in [3.05, 3.63) is 42.2 Å². The summed E-state index contributed by atoms with van der Waals surface area (Å²) >= 11 is 0. The maximum Gasteiger partial charge on any atom is 0.305 e. The number of nitrogens with two attached hydrogens (primary N) is 1. The summed E-state index contributed by atoms with van der Waals surface area (Å²) in [7, 11) is -7.77. The molecule has 0 aliphatic heterocycles. The lowest BCUT2D eigenvalue weighted by atomic mass is 9.89. The van der Waals surface area contributed by atoms with Crippen molar-refractivity contribution in [3.8, 4) is 11.3 Å². The number of nitrogens with zero attached hydrogens (tertiary/aromatic N) is 2. The van der Waals surface area contributed by atoms with Gasteiger partial charge in [-0.1, -0.05) is 56.7 Å². The van der Waals surface area contributed by atoms with Crippen molar-refractivity contribution in [2.45, 2.75) is 88.6 Å². The summed E-state index contributed by atoms with van der Waals surface area (Å²) in [4.78, 5) is 0.0910. The molecule has 2 heterocycles. The monoisotopic (exact) mass is 532 g/mol. The van der Waals surface area contributed by atoms with Gasteiger partial charge in [-0.25, -0.2) is 17.5 Å². The van der Waals surface area contributed by atoms with E-state index in [2.05, 4.69) is 4.72 Å². The lowest BCUT2D eigenvalue weighted by molar-refractivity contribution is 0.318. The lowest BCUT2D eigenvalue weighted by Gasteiger charge is -2.24. The first-order valence-corrected chi connectivity index (χ1v) is 16.0. The van der Waals surface area contributed by atoms with Crippen molar-refractivity contribution in [1.29, 1.82) is 0 Å². The fourth-order valence-electron chi connectivity index (χ4n) is 6.04. The molecule has 0 unspecified atom stereocenters. The van der Waals surface area contributed by atoms with Gasteiger partial charge in [-0.15, -0.1) is 0 Å². The van der Waals surface area contributed by atoms with Crippen LogP contribution in [0, 0.1) is 12.8 Å². The van der Waals surface area contributed by atoms with Crippen molar-refractivity contribution >= 4 is 31.1 Å². The summed E-state index contributed by atoms with van der Waals surface area (Å²) < 4.78 is 58.2. The first kappa shape index (κ1) is 25.5. The van der Waals surface area contributed by atoms with Gasteiger partial charge in [0.05, 0.1) is 11.2 Å². The zero-order valence-electron chi connectivity index (χ0n) is 20.8. The smallest absolute Gasteiger partial charge is 0.305 e. The summed E-state index contributed by atoms with van der Waals surface area (Å²) in [6, 6.07) is 8.92. The van der Waals surface area contributed by atoms with Crippen LogP contribution in [0.15, 0.2) is 41.4 Å². The van der Waals surface area contributed by atoms with Crippen molar-refractivity contribution < 1.29 is 16.8 Å². The van der Waals surface area contributed by atoms with Gasteiger partial charge in [0.1, 0.15) is 4.90 Å². The molecule has 0 amide bonds. The predicted octanol–water partition coefficient (Wildman–Crippen LogP) is 4.66. The Bertz CT molecular complexity index is 1460. The SMILES string of the molecule is Cc1c(S(N)(=O)=O)cc(-c2cn(S(=O)(=O)NC3CCCCC3)c3ccccc23)n1CC1CCCCC1. The second kappa shape index (κ2) is 9.96. The molecule has 196 valence electrons. The average Bonchev–Trinajstić information content (AvgIpc) is 3.39. The van der Waals surface area contributed by atoms with Crippen LogP contribution in [0.2, 0.25) is 0 Å². The summed E-state index contributed by atoms with van der Waals surface area (Å²) in [6.07, 6.45) is 12.3. The summed E-state index contributed by atoms with van der Waals surface area (Å²) in [5.41, 5.74) is 2.53. The lowest BCUT2D eigenvalue weighted by Crippen LogP contribution is -2.39. The van der Waals surface area contributed by atoms with E-state index in [0.29, 0.717) is 34.9 Å². The maximum absolute atomic E-state index is 13.5. The number of hydrogen-bond acceptors (Lipinski definition) is 4. The highest BCUT2D eigenvalue weighted by molar-refractivity contribution is 7.89. The van der Waals surface area contributed by atoms with Crippen molar-refractivity contribution in [1.82, 2.24) is 13.3 Å². The molecule has 2 fully saturated rings. The van der Waals surface area contributed by atoms with Crippen LogP contribution in [0.5, 0.6) is 0 Å². The topological polar surface area (TPSA) is 116 Å². The fraction of sp³-hybridized carbons (Fsp3) is 0.538. The van der Waals surface area contributed by atoms with Crippen LogP contribution >= 0.6 is 0 Å². The number of rotatable bonds is 7. The Balaban J connectivity index is 1.64. The third kappa shape index (κ3) is 5.01. The molecule has 0 atom stereocenters. The molecule has 5 rings (SSSR count). The molecule has 2 aliphatic rings. The normalized spacial score (nSPS) is 18.7. The van der Waals surface area contributed by atoms with Crippen LogP contribution in [0.1, 0.15) is 69.9 Å². The Labute approximate surface area is 214 Å². The zero-order valence-corrected chi connectivity index (χ0v) is 22.5. The van der Waals surface area contributed by atoms with Crippen LogP contribution in [0.3, 0.4) is 0 Å². The van der Waals surface area contributed by atoms with Gasteiger partial charge in [0.25, 0.3) is 0 Å². The number of nitrogens with one attached hydrogen (secondary N) is 1. The molecule has 10 heteroatoms. The van der Waals surface area contributed by atoms with Gasteiger partial charge < -0.3 is 4.57 Å². The van der Waals surface area contributed by atoms with E-state index in [9.17, 15) is 16.8 Å². The molecule has 0 spiro atoms. The second-order valence-electron chi connectivity index (χ2n) is 10.5. The first-order valence-electron chi connectivity index (χ1n) is 13.0. The number of aromatic nitrogens is 2. The first-order chi connectivity index (χ1) is 17.1. The largest absolute Gasteiger partial charge is 0.343 e. The van der Waals surface area contributed by atoms with Gasteiger partial charge in [-0.2, -0.15) is 13.1 Å². The van der Waals surface area contributed by atoms with Crippen LogP contribution < -0.4 is 9.86 Å². The minimum atomic E-state index is -3.94. The van der Waals surface area contributed by atoms with Crippen molar-refractivity contribution in [3.63, 3.8) is 0 Å². The van der Waals surface area contributed by atoms with E-state index in [1.54, 1.807) is 25.3 Å². The molecular formula is C26H36N4O4S2. The number of fused-ring (bicyclic) bond motifs is 1. The van der Waals surface area contributed by atoms with E-state index < -0.39 is 20.2 Å². The van der Waals surface area contributed by atoms with E-state index >= 15 is 0 Å². The van der Waals surface area contributed by atoms with Gasteiger partial charge in [-0.3, -0.25) is 0 Å². The van der Waals surface area contributed by atoms with E-state index in [-0.39, 0.29) is 10.9 Å². The molecule has 2 aliphatic carbocycles. The maximum atomic E-state index is 13.5. The van der Waals surface area contributed by atoms with E-state index in [4.69, 9.17) is 5.14 Å². The summed E-state index contributed by atoms with van der Waals surface area (Å²) in [5, 5.41) is 6.35. The third-order valence-electron chi connectivity index (χ3n) is 7.93. The average molecular weight is 533 g/mol. The van der Waals surface area contributed by atoms with Crippen LogP contribution in [-0.4, -0.2) is 31.4 Å². The Kier molecular flexibility index (Phi) is 7.06. The van der Waals surface area contributed by atoms with Gasteiger partial charge >= 0.3 is 10.2 Å². The third-order valence-corrected chi connectivity index (χ3v) is 10.4. The Hall–Kier alpha value is -2.14. The number of hydrogen-bond donors (Lipinski definition) is 2. The summed E-state index contributed by atoms with van der Waals surface area (Å²) in [5.74, 6) is 0.446. The molecule has 0 radical (unpaired) electrons. The van der Waals surface area contributed by atoms with E-state index in [1.165, 1.54) is 23.2 Å². The molecule has 0 saturated heterocycles. The molecule has 3 aromatic rings. The molecule has 2 aromatic heterocycles. The van der Waals surface area contributed by atoms with Crippen LogP contribution in [0.4, 0.5) is 0 Å². The molecule has 8 nitrogen and oxygen atoms in total. The highest BCUT2D eigenvalue weighted by Gasteiger charge is 2.28. The number of para-hydroxylation sites is 1. The predicted molar refractivity (Wildman–Crippen MR) is 142 cm³/mol. The van der Waals surface area contributed by atoms with E-state index in [0.717, 1.165) is 50.3 Å². The molecule has 0 bridgehead atoms. The van der Waals surface area contributed by atoms with Gasteiger partial charge in [0.2, 0.25) is 10.0 Å². The highest BCUT2D eigenvalue weighted by Crippen LogP contribution is 2.37. The highest BCUT2D eigenvalue weighted by atomic mass is 32.2. The molecule has 1 aromatic carbocycles. The number of sulfonamides is 1. The van der Waals surface area contributed by atoms with Crippen molar-refractivity contribution in [2.75, 3.05) is 0 Å². The molecule has 36 heavy (non-hydrogen) atoms. The summed E-state index contributed by atoms with van der Waals surface area (Å²) in [6.45, 7) is 2.47. The van der Waals surface area contributed by atoms with Crippen LogP contribution in [0.25, 0.3) is 22.2 Å². The molecular weight excluding hydrogens is 496 g/mol. The van der Waals surface area contributed by atoms with Gasteiger partial charge in [0, 0.05) is 35.4 Å². The van der Waals surface area contributed by atoms with Gasteiger partial charge in [-0.05, 0) is 50.7 Å². The zero-order chi connectivity index (χ0) is 25.5. The minimum absolute atomic E-state index is 0.0697. The Morgan fingerprint density at radius 3 is 2.25 bits per heavy atom. The molecule has 2 saturated carbocycles. The van der Waals surface area contributed by atoms with Gasteiger partial charge in [0.15, 0.2) is 0 Å². The van der Waals surface area contributed by atoms with E-state index in [1.807, 2.05) is 22.8 Å². The Morgan fingerprint density at radius 1 is 0.944 bits per heavy atom. The van der Waals surface area contributed by atoms with Crippen LogP contribution in [-0.2, 0) is 26.8 Å². The minimum Gasteiger partial charge on any atom is -0.343 e. The molecule has 3 N–H and O–H groups in total.